The second-order valence-corrected chi connectivity index (χ2v) is 1.72. The predicted octanol–water partition coefficient (Wildman–Crippen LogP) is 1.22. The van der Waals surface area contributed by atoms with E-state index >= 15 is 0 Å². The van der Waals surface area contributed by atoms with Crippen molar-refractivity contribution < 1.29 is 14.6 Å². The van der Waals surface area contributed by atoms with E-state index in [4.69, 9.17) is 0 Å². The number of hydrogen-bond donors (Lipinski definition) is 0. The van der Waals surface area contributed by atoms with Gasteiger partial charge in [-0.1, -0.05) is 12.7 Å². The Kier molecular flexibility index (Phi) is 4.24. The molecular formula is C7H10O3. The van der Waals surface area contributed by atoms with Gasteiger partial charge in [0.2, 0.25) is 0 Å². The van der Waals surface area contributed by atoms with E-state index in [0.717, 1.165) is 0 Å². The van der Waals surface area contributed by atoms with Crippen LogP contribution in [0.1, 0.15) is 6.92 Å². The maximum absolute atomic E-state index is 10.5. The van der Waals surface area contributed by atoms with E-state index in [9.17, 15) is 4.79 Å². The number of carbonyl (C=O) groups excluding carboxylic acids is 1. The summed E-state index contributed by atoms with van der Waals surface area (Å²) < 4.78 is 0. The summed E-state index contributed by atoms with van der Waals surface area (Å²) in [6.07, 6.45) is 1.48. The van der Waals surface area contributed by atoms with E-state index < -0.39 is 5.97 Å². The third-order valence-corrected chi connectivity index (χ3v) is 0.669. The Labute approximate surface area is 59.9 Å². The minimum Gasteiger partial charge on any atom is -0.293 e. The Morgan fingerprint density at radius 3 is 2.70 bits per heavy atom. The van der Waals surface area contributed by atoms with Gasteiger partial charge in [-0.2, -0.15) is 4.89 Å². The van der Waals surface area contributed by atoms with Gasteiger partial charge in [-0.05, 0) is 6.92 Å². The SMILES string of the molecule is C=CCOOC(=O)C(=C)C. The lowest BCUT2D eigenvalue weighted by Gasteiger charge is -1.98. The molecular weight excluding hydrogens is 132 g/mol. The largest absolute Gasteiger partial charge is 0.368 e. The van der Waals surface area contributed by atoms with Gasteiger partial charge in [0, 0.05) is 5.57 Å². The second-order valence-electron chi connectivity index (χ2n) is 1.72. The summed E-state index contributed by atoms with van der Waals surface area (Å²) in [4.78, 5) is 19.1. The van der Waals surface area contributed by atoms with Gasteiger partial charge >= 0.3 is 5.97 Å². The van der Waals surface area contributed by atoms with Crippen LogP contribution in [0.25, 0.3) is 0 Å². The van der Waals surface area contributed by atoms with Gasteiger partial charge in [0.1, 0.15) is 6.61 Å². The second kappa shape index (κ2) is 4.76. The average molecular weight is 142 g/mol. The van der Waals surface area contributed by atoms with Crippen molar-refractivity contribution in [1.82, 2.24) is 0 Å². The molecule has 0 rings (SSSR count). The maximum atomic E-state index is 10.5. The Morgan fingerprint density at radius 2 is 2.30 bits per heavy atom. The molecule has 0 aliphatic heterocycles. The lowest BCUT2D eigenvalue weighted by molar-refractivity contribution is -0.261. The van der Waals surface area contributed by atoms with Crippen LogP contribution >= 0.6 is 0 Å². The van der Waals surface area contributed by atoms with E-state index in [0.29, 0.717) is 5.57 Å². The van der Waals surface area contributed by atoms with E-state index in [1.807, 2.05) is 0 Å². The predicted molar refractivity (Wildman–Crippen MR) is 37.1 cm³/mol. The van der Waals surface area contributed by atoms with Crippen LogP contribution in [0.2, 0.25) is 0 Å². The fraction of sp³-hybridized carbons (Fsp3) is 0.286. The van der Waals surface area contributed by atoms with Gasteiger partial charge in [-0.15, -0.1) is 6.58 Å². The van der Waals surface area contributed by atoms with Crippen LogP contribution in [0.15, 0.2) is 24.8 Å². The molecule has 0 atom stereocenters. The quantitative estimate of drug-likeness (QED) is 0.195. The molecule has 3 nitrogen and oxygen atoms in total. The molecule has 10 heavy (non-hydrogen) atoms. The molecule has 0 unspecified atom stereocenters. The lowest BCUT2D eigenvalue weighted by Crippen LogP contribution is -2.05. The maximum Gasteiger partial charge on any atom is 0.368 e. The van der Waals surface area contributed by atoms with Gasteiger partial charge in [0.15, 0.2) is 0 Å². The molecule has 0 aliphatic carbocycles. The first-order valence-corrected chi connectivity index (χ1v) is 2.78. The highest BCUT2D eigenvalue weighted by Crippen LogP contribution is 1.91. The van der Waals surface area contributed by atoms with E-state index in [1.54, 1.807) is 6.92 Å². The van der Waals surface area contributed by atoms with Crippen molar-refractivity contribution in [1.29, 1.82) is 0 Å². The smallest absolute Gasteiger partial charge is 0.293 e. The standard InChI is InChI=1S/C7H10O3/c1-4-5-9-10-7(8)6(2)3/h4H,1-2,5H2,3H3. The number of rotatable bonds is 4. The Hall–Kier alpha value is -1.09. The zero-order valence-corrected chi connectivity index (χ0v) is 5.92. The lowest BCUT2D eigenvalue weighted by atomic mass is 10.4. The zero-order valence-electron chi connectivity index (χ0n) is 5.92. The average Bonchev–Trinajstić information content (AvgIpc) is 1.88. The molecule has 0 fully saturated rings. The van der Waals surface area contributed by atoms with Crippen LogP contribution in [0.4, 0.5) is 0 Å². The number of hydrogen-bond acceptors (Lipinski definition) is 3. The molecule has 0 aromatic carbocycles. The minimum absolute atomic E-state index is 0.193. The Morgan fingerprint density at radius 1 is 1.70 bits per heavy atom. The van der Waals surface area contributed by atoms with Crippen molar-refractivity contribution in [2.75, 3.05) is 6.61 Å². The Bertz CT molecular complexity index is 149. The molecule has 0 radical (unpaired) electrons. The highest BCUT2D eigenvalue weighted by atomic mass is 17.2. The van der Waals surface area contributed by atoms with E-state index in [-0.39, 0.29) is 6.61 Å². The van der Waals surface area contributed by atoms with Gasteiger partial charge in [0.05, 0.1) is 0 Å². The molecule has 0 bridgehead atoms. The van der Waals surface area contributed by atoms with Crippen LogP contribution < -0.4 is 0 Å². The zero-order chi connectivity index (χ0) is 7.98. The molecule has 0 aromatic heterocycles. The van der Waals surface area contributed by atoms with Gasteiger partial charge < -0.3 is 0 Å². The summed E-state index contributed by atoms with van der Waals surface area (Å²) in [7, 11) is 0. The Balaban J connectivity index is 3.40. The normalized spacial score (nSPS) is 8.50. The molecule has 0 aromatic rings. The van der Waals surface area contributed by atoms with Crippen molar-refractivity contribution in [3.63, 3.8) is 0 Å². The highest BCUT2D eigenvalue weighted by Gasteiger charge is 2.01. The molecule has 0 aliphatic rings. The van der Waals surface area contributed by atoms with Crippen molar-refractivity contribution in [2.45, 2.75) is 6.92 Å². The summed E-state index contributed by atoms with van der Waals surface area (Å²) in [6, 6.07) is 0. The third-order valence-electron chi connectivity index (χ3n) is 0.669. The van der Waals surface area contributed by atoms with Crippen LogP contribution in [-0.4, -0.2) is 12.6 Å². The molecule has 3 heteroatoms. The highest BCUT2D eigenvalue weighted by molar-refractivity contribution is 5.86. The number of carbonyl (C=O) groups is 1. The van der Waals surface area contributed by atoms with Crippen molar-refractivity contribution in [2.24, 2.45) is 0 Å². The van der Waals surface area contributed by atoms with Gasteiger partial charge in [-0.25, -0.2) is 4.79 Å². The van der Waals surface area contributed by atoms with Gasteiger partial charge in [0.25, 0.3) is 0 Å². The van der Waals surface area contributed by atoms with Crippen LogP contribution in [-0.2, 0) is 14.6 Å². The summed E-state index contributed by atoms with van der Waals surface area (Å²) in [6.45, 7) is 8.45. The molecule has 56 valence electrons. The van der Waals surface area contributed by atoms with Crippen LogP contribution in [0.5, 0.6) is 0 Å². The topological polar surface area (TPSA) is 35.5 Å². The first-order valence-electron chi connectivity index (χ1n) is 2.78. The third kappa shape index (κ3) is 3.86. The van der Waals surface area contributed by atoms with Crippen molar-refractivity contribution >= 4 is 5.97 Å². The molecule has 0 heterocycles. The van der Waals surface area contributed by atoms with Crippen molar-refractivity contribution in [3.8, 4) is 0 Å². The van der Waals surface area contributed by atoms with E-state index in [2.05, 4.69) is 22.9 Å². The monoisotopic (exact) mass is 142 g/mol. The first kappa shape index (κ1) is 8.91. The molecule has 0 saturated heterocycles. The summed E-state index contributed by atoms with van der Waals surface area (Å²) in [5, 5.41) is 0. The summed E-state index contributed by atoms with van der Waals surface area (Å²) in [5.41, 5.74) is 0.309. The molecule has 0 amide bonds. The molecule has 0 spiro atoms. The summed E-state index contributed by atoms with van der Waals surface area (Å²) in [5.74, 6) is -0.554. The molecule has 0 N–H and O–H groups in total. The fourth-order valence-electron chi connectivity index (χ4n) is 0.207. The molecule has 0 saturated carbocycles. The van der Waals surface area contributed by atoms with Gasteiger partial charge in [-0.3, -0.25) is 4.89 Å². The van der Waals surface area contributed by atoms with Crippen LogP contribution in [0.3, 0.4) is 0 Å². The van der Waals surface area contributed by atoms with Crippen molar-refractivity contribution in [3.05, 3.63) is 24.8 Å². The first-order chi connectivity index (χ1) is 4.68. The fourth-order valence-corrected chi connectivity index (χ4v) is 0.207. The van der Waals surface area contributed by atoms with E-state index in [1.165, 1.54) is 6.08 Å². The summed E-state index contributed by atoms with van der Waals surface area (Å²) >= 11 is 0. The van der Waals surface area contributed by atoms with Crippen LogP contribution in [0, 0.1) is 0 Å². The minimum atomic E-state index is -0.554.